The summed E-state index contributed by atoms with van der Waals surface area (Å²) in [5.74, 6) is 0.0181. The Hall–Kier alpha value is -1.83. The molecule has 0 spiro atoms. The van der Waals surface area contributed by atoms with Gasteiger partial charge in [-0.3, -0.25) is 4.79 Å². The number of carbonyl (C=O) groups is 1. The lowest BCUT2D eigenvalue weighted by Gasteiger charge is -2.30. The summed E-state index contributed by atoms with van der Waals surface area (Å²) in [5, 5.41) is 0. The SMILES string of the molecule is CCOC(=O)[C@]12C=CC=C[C@H]1c1ccccc1C2. The van der Waals surface area contributed by atoms with Crippen LogP contribution in [0.2, 0.25) is 0 Å². The van der Waals surface area contributed by atoms with Crippen LogP contribution >= 0.6 is 0 Å². The van der Waals surface area contributed by atoms with Gasteiger partial charge in [-0.25, -0.2) is 0 Å². The Kier molecular flexibility index (Phi) is 2.58. The first kappa shape index (κ1) is 11.3. The van der Waals surface area contributed by atoms with Gasteiger partial charge in [-0.2, -0.15) is 0 Å². The van der Waals surface area contributed by atoms with Crippen LogP contribution in [0.3, 0.4) is 0 Å². The molecule has 2 nitrogen and oxygen atoms in total. The molecule has 0 saturated carbocycles. The molecule has 2 aliphatic rings. The highest BCUT2D eigenvalue weighted by atomic mass is 16.5. The van der Waals surface area contributed by atoms with E-state index in [1.54, 1.807) is 0 Å². The van der Waals surface area contributed by atoms with Crippen LogP contribution < -0.4 is 0 Å². The fourth-order valence-electron chi connectivity index (χ4n) is 3.07. The molecule has 0 bridgehead atoms. The Morgan fingerprint density at radius 2 is 2.22 bits per heavy atom. The van der Waals surface area contributed by atoms with E-state index < -0.39 is 5.41 Å². The van der Waals surface area contributed by atoms with Crippen LogP contribution in [0.1, 0.15) is 24.0 Å². The maximum absolute atomic E-state index is 12.4. The quantitative estimate of drug-likeness (QED) is 0.743. The first-order valence-corrected chi connectivity index (χ1v) is 6.39. The van der Waals surface area contributed by atoms with Gasteiger partial charge in [-0.05, 0) is 24.5 Å². The van der Waals surface area contributed by atoms with Gasteiger partial charge in [0.2, 0.25) is 0 Å². The number of benzene rings is 1. The minimum atomic E-state index is -0.519. The monoisotopic (exact) mass is 240 g/mol. The largest absolute Gasteiger partial charge is 0.465 e. The Balaban J connectivity index is 2.08. The summed E-state index contributed by atoms with van der Waals surface area (Å²) in [4.78, 5) is 12.4. The van der Waals surface area contributed by atoms with E-state index in [0.717, 1.165) is 6.42 Å². The van der Waals surface area contributed by atoms with Crippen LogP contribution in [0.5, 0.6) is 0 Å². The van der Waals surface area contributed by atoms with E-state index in [0.29, 0.717) is 6.61 Å². The van der Waals surface area contributed by atoms with Gasteiger partial charge in [-0.15, -0.1) is 0 Å². The fraction of sp³-hybridized carbons (Fsp3) is 0.312. The van der Waals surface area contributed by atoms with Gasteiger partial charge in [0.25, 0.3) is 0 Å². The van der Waals surface area contributed by atoms with E-state index in [-0.39, 0.29) is 11.9 Å². The molecule has 3 rings (SSSR count). The van der Waals surface area contributed by atoms with Crippen LogP contribution in [-0.2, 0) is 16.0 Å². The predicted octanol–water partition coefficient (Wildman–Crippen LogP) is 3.00. The van der Waals surface area contributed by atoms with E-state index in [2.05, 4.69) is 18.2 Å². The van der Waals surface area contributed by atoms with Crippen molar-refractivity contribution in [3.63, 3.8) is 0 Å². The van der Waals surface area contributed by atoms with E-state index in [1.165, 1.54) is 11.1 Å². The third-order valence-corrected chi connectivity index (χ3v) is 3.89. The lowest BCUT2D eigenvalue weighted by Crippen LogP contribution is -2.35. The third kappa shape index (κ3) is 1.45. The number of rotatable bonds is 2. The van der Waals surface area contributed by atoms with Gasteiger partial charge in [-0.1, -0.05) is 48.6 Å². The Bertz CT molecular complexity index is 542. The number of carbonyl (C=O) groups excluding carboxylic acids is 1. The van der Waals surface area contributed by atoms with Crippen molar-refractivity contribution in [1.82, 2.24) is 0 Å². The normalized spacial score (nSPS) is 27.7. The molecule has 2 atom stereocenters. The molecule has 0 fully saturated rings. The molecule has 0 amide bonds. The molecule has 0 saturated heterocycles. The van der Waals surface area contributed by atoms with Gasteiger partial charge < -0.3 is 4.74 Å². The van der Waals surface area contributed by atoms with E-state index >= 15 is 0 Å². The first-order chi connectivity index (χ1) is 8.78. The van der Waals surface area contributed by atoms with Gasteiger partial charge in [0, 0.05) is 5.92 Å². The van der Waals surface area contributed by atoms with Crippen molar-refractivity contribution >= 4 is 5.97 Å². The van der Waals surface area contributed by atoms with Crippen molar-refractivity contribution in [1.29, 1.82) is 0 Å². The van der Waals surface area contributed by atoms with Crippen molar-refractivity contribution in [2.24, 2.45) is 5.41 Å². The first-order valence-electron chi connectivity index (χ1n) is 6.39. The van der Waals surface area contributed by atoms with Crippen molar-refractivity contribution < 1.29 is 9.53 Å². The molecule has 92 valence electrons. The number of ether oxygens (including phenoxy) is 1. The van der Waals surface area contributed by atoms with Gasteiger partial charge in [0.15, 0.2) is 0 Å². The van der Waals surface area contributed by atoms with Crippen LogP contribution in [0.15, 0.2) is 48.6 Å². The molecule has 1 aromatic rings. The molecule has 0 unspecified atom stereocenters. The number of hydrogen-bond acceptors (Lipinski definition) is 2. The van der Waals surface area contributed by atoms with Gasteiger partial charge in [0.1, 0.15) is 5.41 Å². The summed E-state index contributed by atoms with van der Waals surface area (Å²) in [7, 11) is 0. The van der Waals surface area contributed by atoms with Gasteiger partial charge >= 0.3 is 5.97 Å². The second-order valence-corrected chi connectivity index (χ2v) is 4.86. The van der Waals surface area contributed by atoms with E-state index in [9.17, 15) is 4.79 Å². The second kappa shape index (κ2) is 4.13. The topological polar surface area (TPSA) is 26.3 Å². The molecule has 0 N–H and O–H groups in total. The molecule has 0 aliphatic heterocycles. The lowest BCUT2D eigenvalue weighted by molar-refractivity contribution is -0.152. The van der Waals surface area contributed by atoms with Crippen molar-refractivity contribution in [2.45, 2.75) is 19.3 Å². The molecule has 0 heterocycles. The van der Waals surface area contributed by atoms with E-state index in [4.69, 9.17) is 4.74 Å². The fourth-order valence-corrected chi connectivity index (χ4v) is 3.07. The van der Waals surface area contributed by atoms with Crippen LogP contribution in [0.25, 0.3) is 0 Å². The van der Waals surface area contributed by atoms with Crippen molar-refractivity contribution in [2.75, 3.05) is 6.61 Å². The van der Waals surface area contributed by atoms with Gasteiger partial charge in [0.05, 0.1) is 6.61 Å². The molecule has 0 aromatic heterocycles. The maximum atomic E-state index is 12.4. The zero-order chi connectivity index (χ0) is 12.6. The zero-order valence-corrected chi connectivity index (χ0v) is 10.4. The average molecular weight is 240 g/mol. The highest BCUT2D eigenvalue weighted by Crippen LogP contribution is 2.51. The van der Waals surface area contributed by atoms with E-state index in [1.807, 2.05) is 37.3 Å². The highest BCUT2D eigenvalue weighted by Gasteiger charge is 2.50. The maximum Gasteiger partial charge on any atom is 0.317 e. The molecule has 18 heavy (non-hydrogen) atoms. The molecule has 2 heteroatoms. The summed E-state index contributed by atoms with van der Waals surface area (Å²) >= 11 is 0. The van der Waals surface area contributed by atoms with Crippen LogP contribution in [-0.4, -0.2) is 12.6 Å². The van der Waals surface area contributed by atoms with Crippen LogP contribution in [0, 0.1) is 5.41 Å². The Morgan fingerprint density at radius 1 is 1.39 bits per heavy atom. The minimum Gasteiger partial charge on any atom is -0.465 e. The van der Waals surface area contributed by atoms with Crippen LogP contribution in [0.4, 0.5) is 0 Å². The predicted molar refractivity (Wildman–Crippen MR) is 70.2 cm³/mol. The summed E-state index contributed by atoms with van der Waals surface area (Å²) in [5.41, 5.74) is 1.99. The number of hydrogen-bond donors (Lipinski definition) is 0. The molecule has 1 aromatic carbocycles. The molecule has 0 radical (unpaired) electrons. The highest BCUT2D eigenvalue weighted by molar-refractivity contribution is 5.84. The smallest absolute Gasteiger partial charge is 0.317 e. The zero-order valence-electron chi connectivity index (χ0n) is 10.4. The molecular formula is C16H16O2. The Labute approximate surface area is 107 Å². The molecular weight excluding hydrogens is 224 g/mol. The summed E-state index contributed by atoms with van der Waals surface area (Å²) < 4.78 is 5.29. The summed E-state index contributed by atoms with van der Waals surface area (Å²) in [6.07, 6.45) is 8.84. The Morgan fingerprint density at radius 3 is 3.06 bits per heavy atom. The second-order valence-electron chi connectivity index (χ2n) is 4.86. The summed E-state index contributed by atoms with van der Waals surface area (Å²) in [6, 6.07) is 8.29. The number of allylic oxidation sites excluding steroid dienone is 3. The standard InChI is InChI=1S/C16H16O2/c1-2-18-15(17)16-10-6-5-9-14(16)13-8-4-3-7-12(13)11-16/h3-10,14H,2,11H2,1H3/t14-,16-/m0/s1. The molecule has 2 aliphatic carbocycles. The number of esters is 1. The van der Waals surface area contributed by atoms with Crippen molar-refractivity contribution in [3.8, 4) is 0 Å². The third-order valence-electron chi connectivity index (χ3n) is 3.89. The average Bonchev–Trinajstić information content (AvgIpc) is 2.74. The number of fused-ring (bicyclic) bond motifs is 3. The van der Waals surface area contributed by atoms with Crippen molar-refractivity contribution in [3.05, 3.63) is 59.7 Å². The summed E-state index contributed by atoms with van der Waals surface area (Å²) in [6.45, 7) is 2.29. The minimum absolute atomic E-state index is 0.105. The lowest BCUT2D eigenvalue weighted by atomic mass is 9.73.